The molecule has 0 saturated carbocycles. The van der Waals surface area contributed by atoms with Gasteiger partial charge in [0.15, 0.2) is 0 Å². The van der Waals surface area contributed by atoms with Crippen molar-refractivity contribution >= 4 is 17.3 Å². The Kier molecular flexibility index (Phi) is 4.01. The third-order valence-corrected chi connectivity index (χ3v) is 4.50. The van der Waals surface area contributed by atoms with Crippen LogP contribution < -0.4 is 5.01 Å². The summed E-state index contributed by atoms with van der Waals surface area (Å²) in [6.45, 7) is 8.11. The molecular weight excluding hydrogens is 274 g/mol. The third kappa shape index (κ3) is 2.78. The molecule has 22 heavy (non-hydrogen) atoms. The zero-order valence-corrected chi connectivity index (χ0v) is 13.6. The number of hydrogen-bond acceptors (Lipinski definition) is 3. The van der Waals surface area contributed by atoms with Crippen LogP contribution >= 0.6 is 0 Å². The molecule has 1 saturated heterocycles. The highest BCUT2D eigenvalue weighted by Crippen LogP contribution is 2.26. The zero-order chi connectivity index (χ0) is 15.7. The molecule has 2 aliphatic heterocycles. The predicted molar refractivity (Wildman–Crippen MR) is 90.0 cm³/mol. The number of carbonyl (C=O) groups excluding carboxylic acids is 1. The smallest absolute Gasteiger partial charge is 0.282 e. The second-order valence-electron chi connectivity index (χ2n) is 6.21. The molecule has 1 amide bonds. The summed E-state index contributed by atoms with van der Waals surface area (Å²) in [5.74, 6) is -0.0219. The van der Waals surface area contributed by atoms with Gasteiger partial charge in [0.25, 0.3) is 5.91 Å². The molecule has 0 aromatic heterocycles. The minimum absolute atomic E-state index is 0.0219. The highest BCUT2D eigenvalue weighted by Gasteiger charge is 2.29. The van der Waals surface area contributed by atoms with Crippen molar-refractivity contribution < 1.29 is 4.79 Å². The van der Waals surface area contributed by atoms with Gasteiger partial charge >= 0.3 is 0 Å². The van der Waals surface area contributed by atoms with Gasteiger partial charge in [0.05, 0.1) is 17.0 Å². The molecule has 2 heterocycles. The van der Waals surface area contributed by atoms with E-state index in [9.17, 15) is 4.79 Å². The summed E-state index contributed by atoms with van der Waals surface area (Å²) >= 11 is 0. The summed E-state index contributed by atoms with van der Waals surface area (Å²) in [6.07, 6.45) is 5.70. The van der Waals surface area contributed by atoms with E-state index in [1.54, 1.807) is 0 Å². The van der Waals surface area contributed by atoms with Gasteiger partial charge in [0, 0.05) is 19.3 Å². The van der Waals surface area contributed by atoms with Crippen LogP contribution in [0.1, 0.15) is 37.3 Å². The fourth-order valence-electron chi connectivity index (χ4n) is 2.93. The minimum atomic E-state index is -0.0219. The van der Waals surface area contributed by atoms with Crippen LogP contribution in [0, 0.1) is 13.8 Å². The zero-order valence-electron chi connectivity index (χ0n) is 13.6. The molecule has 0 unspecified atom stereocenters. The lowest BCUT2D eigenvalue weighted by Gasteiger charge is -2.25. The van der Waals surface area contributed by atoms with Crippen LogP contribution in [0.4, 0.5) is 5.69 Å². The van der Waals surface area contributed by atoms with Gasteiger partial charge in [-0.2, -0.15) is 10.1 Å². The second-order valence-corrected chi connectivity index (χ2v) is 6.21. The predicted octanol–water partition coefficient (Wildman–Crippen LogP) is 3.40. The van der Waals surface area contributed by atoms with Crippen LogP contribution in [0.2, 0.25) is 0 Å². The maximum atomic E-state index is 12.7. The minimum Gasteiger partial charge on any atom is -0.377 e. The van der Waals surface area contributed by atoms with E-state index in [2.05, 4.69) is 23.8 Å². The van der Waals surface area contributed by atoms with Gasteiger partial charge < -0.3 is 4.90 Å². The van der Waals surface area contributed by atoms with Crippen LogP contribution in [0.25, 0.3) is 0 Å². The van der Waals surface area contributed by atoms with Gasteiger partial charge in [-0.15, -0.1) is 0 Å². The number of carbonyl (C=O) groups is 1. The molecule has 0 spiro atoms. The summed E-state index contributed by atoms with van der Waals surface area (Å²) < 4.78 is 0. The van der Waals surface area contributed by atoms with E-state index in [1.807, 2.05) is 31.3 Å². The van der Waals surface area contributed by atoms with E-state index in [0.29, 0.717) is 0 Å². The van der Waals surface area contributed by atoms with Crippen molar-refractivity contribution in [2.24, 2.45) is 5.10 Å². The van der Waals surface area contributed by atoms with E-state index in [0.717, 1.165) is 30.1 Å². The molecule has 0 radical (unpaired) electrons. The van der Waals surface area contributed by atoms with E-state index in [-0.39, 0.29) is 5.91 Å². The summed E-state index contributed by atoms with van der Waals surface area (Å²) in [6, 6.07) is 6.02. The Morgan fingerprint density at radius 2 is 1.77 bits per heavy atom. The number of likely N-dealkylation sites (tertiary alicyclic amines) is 1. The van der Waals surface area contributed by atoms with E-state index >= 15 is 0 Å². The number of hydrogen-bond donors (Lipinski definition) is 0. The fraction of sp³-hybridized carbons (Fsp3) is 0.444. The highest BCUT2D eigenvalue weighted by molar-refractivity contribution is 6.29. The Morgan fingerprint density at radius 1 is 1.05 bits per heavy atom. The summed E-state index contributed by atoms with van der Waals surface area (Å²) in [5, 5.41) is 5.99. The molecule has 1 aromatic carbocycles. The first-order valence-electron chi connectivity index (χ1n) is 7.99. The number of aryl methyl sites for hydroxylation is 2. The molecule has 116 valence electrons. The van der Waals surface area contributed by atoms with Crippen molar-refractivity contribution in [2.75, 3.05) is 18.1 Å². The van der Waals surface area contributed by atoms with E-state index < -0.39 is 0 Å². The molecule has 0 aliphatic carbocycles. The standard InChI is InChI=1S/C18H23N3O/c1-13-7-8-16(11-14(13)2)21-18(22)17(15(3)19-21)12-20-9-5-4-6-10-20/h7-8,11-12H,4-6,9-10H2,1-3H3. The first kappa shape index (κ1) is 14.8. The lowest BCUT2D eigenvalue weighted by atomic mass is 10.1. The molecule has 0 N–H and O–H groups in total. The molecule has 2 aliphatic rings. The number of anilines is 1. The van der Waals surface area contributed by atoms with Crippen molar-refractivity contribution in [3.63, 3.8) is 0 Å². The molecule has 0 atom stereocenters. The van der Waals surface area contributed by atoms with Crippen LogP contribution in [0.3, 0.4) is 0 Å². The molecule has 1 fully saturated rings. The Labute approximate surface area is 132 Å². The SMILES string of the molecule is CC1=NN(c2ccc(C)c(C)c2)C(=O)C1=CN1CCCCC1. The van der Waals surface area contributed by atoms with Crippen LogP contribution in [-0.2, 0) is 4.79 Å². The van der Waals surface area contributed by atoms with Crippen molar-refractivity contribution in [3.05, 3.63) is 41.1 Å². The monoisotopic (exact) mass is 297 g/mol. The van der Waals surface area contributed by atoms with Crippen LogP contribution in [-0.4, -0.2) is 29.6 Å². The number of rotatable bonds is 2. The normalized spacial score (nSPS) is 20.8. The summed E-state index contributed by atoms with van der Waals surface area (Å²) in [4.78, 5) is 15.0. The quantitative estimate of drug-likeness (QED) is 0.784. The molecule has 4 heteroatoms. The first-order chi connectivity index (χ1) is 10.6. The van der Waals surface area contributed by atoms with Crippen molar-refractivity contribution in [3.8, 4) is 0 Å². The van der Waals surface area contributed by atoms with E-state index in [4.69, 9.17) is 0 Å². The topological polar surface area (TPSA) is 35.9 Å². The van der Waals surface area contributed by atoms with E-state index in [1.165, 1.54) is 35.4 Å². The fourth-order valence-corrected chi connectivity index (χ4v) is 2.93. The van der Waals surface area contributed by atoms with Gasteiger partial charge in [0.2, 0.25) is 0 Å². The number of piperidine rings is 1. The molecule has 0 bridgehead atoms. The summed E-state index contributed by atoms with van der Waals surface area (Å²) in [7, 11) is 0. The average Bonchev–Trinajstić information content (AvgIpc) is 2.79. The van der Waals surface area contributed by atoms with Gasteiger partial charge in [-0.25, -0.2) is 0 Å². The molecule has 3 rings (SSSR count). The average molecular weight is 297 g/mol. The van der Waals surface area contributed by atoms with Gasteiger partial charge in [-0.05, 0) is 63.3 Å². The maximum absolute atomic E-state index is 12.7. The lowest BCUT2D eigenvalue weighted by molar-refractivity contribution is -0.114. The van der Waals surface area contributed by atoms with Crippen LogP contribution in [0.15, 0.2) is 35.1 Å². The van der Waals surface area contributed by atoms with Crippen molar-refractivity contribution in [2.45, 2.75) is 40.0 Å². The third-order valence-electron chi connectivity index (χ3n) is 4.50. The van der Waals surface area contributed by atoms with Gasteiger partial charge in [0.1, 0.15) is 0 Å². The lowest BCUT2D eigenvalue weighted by Crippen LogP contribution is -2.27. The number of amides is 1. The van der Waals surface area contributed by atoms with Crippen LogP contribution in [0.5, 0.6) is 0 Å². The first-order valence-corrected chi connectivity index (χ1v) is 7.99. The summed E-state index contributed by atoms with van der Waals surface area (Å²) in [5.41, 5.74) is 4.76. The van der Waals surface area contributed by atoms with Crippen molar-refractivity contribution in [1.82, 2.24) is 4.90 Å². The largest absolute Gasteiger partial charge is 0.377 e. The molecule has 1 aromatic rings. The van der Waals surface area contributed by atoms with Crippen molar-refractivity contribution in [1.29, 1.82) is 0 Å². The van der Waals surface area contributed by atoms with Gasteiger partial charge in [-0.1, -0.05) is 6.07 Å². The number of benzene rings is 1. The maximum Gasteiger partial charge on any atom is 0.282 e. The molecular formula is C18H23N3O. The number of nitrogens with zero attached hydrogens (tertiary/aromatic N) is 3. The Hall–Kier alpha value is -2.10. The Morgan fingerprint density at radius 3 is 2.45 bits per heavy atom. The van der Waals surface area contributed by atoms with Gasteiger partial charge in [-0.3, -0.25) is 4.79 Å². The Bertz CT molecular complexity index is 654. The molecule has 4 nitrogen and oxygen atoms in total. The Balaban J connectivity index is 1.85. The second kappa shape index (κ2) is 5.95. The highest BCUT2D eigenvalue weighted by atomic mass is 16.2. The number of hydrazone groups is 1.